The minimum Gasteiger partial charge on any atom is -0.392 e. The molecule has 96 valence electrons. The molecule has 0 fully saturated rings. The van der Waals surface area contributed by atoms with Gasteiger partial charge in [-0.2, -0.15) is 0 Å². The van der Waals surface area contributed by atoms with Crippen molar-refractivity contribution in [2.45, 2.75) is 20.1 Å². The first-order chi connectivity index (χ1) is 8.61. The number of carbonyl (C=O) groups is 1. The van der Waals surface area contributed by atoms with E-state index < -0.39 is 6.03 Å². The fraction of sp³-hybridized carbons (Fsp3) is 0.308. The SMILES string of the molecule is Cc1cn(CCNC(N)=O)c2cc(CO)ccc12. The molecule has 0 saturated heterocycles. The highest BCUT2D eigenvalue weighted by Crippen LogP contribution is 2.22. The highest BCUT2D eigenvalue weighted by molar-refractivity contribution is 5.84. The zero-order valence-corrected chi connectivity index (χ0v) is 10.3. The Bertz CT molecular complexity index is 575. The first-order valence-electron chi connectivity index (χ1n) is 5.84. The van der Waals surface area contributed by atoms with E-state index in [1.165, 1.54) is 5.56 Å². The minimum absolute atomic E-state index is 0.0275. The predicted molar refractivity (Wildman–Crippen MR) is 70.2 cm³/mol. The van der Waals surface area contributed by atoms with Crippen LogP contribution >= 0.6 is 0 Å². The van der Waals surface area contributed by atoms with Gasteiger partial charge in [-0.15, -0.1) is 0 Å². The molecule has 0 saturated carbocycles. The number of aliphatic hydroxyl groups is 1. The first-order valence-corrected chi connectivity index (χ1v) is 5.84. The van der Waals surface area contributed by atoms with Crippen molar-refractivity contribution in [1.82, 2.24) is 9.88 Å². The smallest absolute Gasteiger partial charge is 0.312 e. The second kappa shape index (κ2) is 5.10. The van der Waals surface area contributed by atoms with E-state index in [-0.39, 0.29) is 6.61 Å². The zero-order chi connectivity index (χ0) is 13.1. The summed E-state index contributed by atoms with van der Waals surface area (Å²) in [5, 5.41) is 12.9. The summed E-state index contributed by atoms with van der Waals surface area (Å²) in [5.41, 5.74) is 8.14. The molecule has 1 aromatic carbocycles. The minimum atomic E-state index is -0.515. The van der Waals surface area contributed by atoms with Crippen LogP contribution in [0.15, 0.2) is 24.4 Å². The predicted octanol–water partition coefficient (Wildman–Crippen LogP) is 1.11. The van der Waals surface area contributed by atoms with Crippen LogP contribution in [0.4, 0.5) is 4.79 Å². The third kappa shape index (κ3) is 2.46. The number of aryl methyl sites for hydroxylation is 1. The molecule has 0 spiro atoms. The van der Waals surface area contributed by atoms with Gasteiger partial charge in [0.2, 0.25) is 0 Å². The molecule has 0 aliphatic rings. The number of urea groups is 1. The third-order valence-electron chi connectivity index (χ3n) is 2.98. The number of aromatic nitrogens is 1. The standard InChI is InChI=1S/C13H17N3O2/c1-9-7-16(5-4-15-13(14)18)12-6-10(8-17)2-3-11(9)12/h2-3,6-7,17H,4-5,8H2,1H3,(H3,14,15,18). The quantitative estimate of drug-likeness (QED) is 0.756. The first kappa shape index (κ1) is 12.4. The topological polar surface area (TPSA) is 80.3 Å². The molecule has 0 aliphatic carbocycles. The number of carbonyl (C=O) groups excluding carboxylic acids is 1. The van der Waals surface area contributed by atoms with E-state index in [9.17, 15) is 4.79 Å². The van der Waals surface area contributed by atoms with Crippen LogP contribution in [0, 0.1) is 6.92 Å². The van der Waals surface area contributed by atoms with E-state index in [0.717, 1.165) is 16.5 Å². The van der Waals surface area contributed by atoms with Gasteiger partial charge in [-0.1, -0.05) is 12.1 Å². The Kier molecular flexibility index (Phi) is 3.53. The van der Waals surface area contributed by atoms with Crippen molar-refractivity contribution in [3.05, 3.63) is 35.5 Å². The van der Waals surface area contributed by atoms with Gasteiger partial charge in [-0.25, -0.2) is 4.79 Å². The number of aliphatic hydroxyl groups excluding tert-OH is 1. The van der Waals surface area contributed by atoms with Gasteiger partial charge in [0.1, 0.15) is 0 Å². The van der Waals surface area contributed by atoms with Crippen LogP contribution in [0.1, 0.15) is 11.1 Å². The number of amides is 2. The Morgan fingerprint density at radius 3 is 2.94 bits per heavy atom. The van der Waals surface area contributed by atoms with Crippen molar-refractivity contribution in [2.24, 2.45) is 5.73 Å². The van der Waals surface area contributed by atoms with Crippen molar-refractivity contribution in [3.63, 3.8) is 0 Å². The molecule has 5 nitrogen and oxygen atoms in total. The lowest BCUT2D eigenvalue weighted by Gasteiger charge is -2.06. The summed E-state index contributed by atoms with van der Waals surface area (Å²) in [6, 6.07) is 5.38. The Morgan fingerprint density at radius 1 is 1.50 bits per heavy atom. The van der Waals surface area contributed by atoms with Gasteiger partial charge >= 0.3 is 6.03 Å². The molecule has 1 heterocycles. The molecule has 0 atom stereocenters. The number of fused-ring (bicyclic) bond motifs is 1. The van der Waals surface area contributed by atoms with E-state index in [2.05, 4.69) is 9.88 Å². The number of nitrogens with two attached hydrogens (primary N) is 1. The van der Waals surface area contributed by atoms with Crippen LogP contribution in [-0.4, -0.2) is 22.2 Å². The number of nitrogens with zero attached hydrogens (tertiary/aromatic N) is 1. The maximum Gasteiger partial charge on any atom is 0.312 e. The van der Waals surface area contributed by atoms with Crippen LogP contribution in [0.2, 0.25) is 0 Å². The van der Waals surface area contributed by atoms with E-state index in [1.54, 1.807) is 0 Å². The normalized spacial score (nSPS) is 10.8. The molecular weight excluding hydrogens is 230 g/mol. The Labute approximate surface area is 105 Å². The van der Waals surface area contributed by atoms with Crippen molar-refractivity contribution in [3.8, 4) is 0 Å². The summed E-state index contributed by atoms with van der Waals surface area (Å²) in [5.74, 6) is 0. The molecule has 0 unspecified atom stereocenters. The second-order valence-electron chi connectivity index (χ2n) is 4.31. The third-order valence-corrected chi connectivity index (χ3v) is 2.98. The number of nitrogens with one attached hydrogen (secondary N) is 1. The van der Waals surface area contributed by atoms with Gasteiger partial charge in [0.05, 0.1) is 6.61 Å². The lowest BCUT2D eigenvalue weighted by atomic mass is 10.1. The van der Waals surface area contributed by atoms with E-state index in [4.69, 9.17) is 10.8 Å². The maximum atomic E-state index is 10.6. The van der Waals surface area contributed by atoms with Gasteiger partial charge in [0.25, 0.3) is 0 Å². The van der Waals surface area contributed by atoms with Gasteiger partial charge < -0.3 is 20.7 Å². The molecular formula is C13H17N3O2. The lowest BCUT2D eigenvalue weighted by Crippen LogP contribution is -2.31. The maximum absolute atomic E-state index is 10.6. The van der Waals surface area contributed by atoms with Crippen molar-refractivity contribution < 1.29 is 9.90 Å². The van der Waals surface area contributed by atoms with Crippen LogP contribution in [0.5, 0.6) is 0 Å². The molecule has 0 bridgehead atoms. The lowest BCUT2D eigenvalue weighted by molar-refractivity contribution is 0.248. The largest absolute Gasteiger partial charge is 0.392 e. The van der Waals surface area contributed by atoms with E-state index in [1.807, 2.05) is 31.3 Å². The molecule has 0 radical (unpaired) electrons. The summed E-state index contributed by atoms with van der Waals surface area (Å²) in [6.45, 7) is 3.21. The van der Waals surface area contributed by atoms with Gasteiger partial charge in [-0.05, 0) is 24.1 Å². The zero-order valence-electron chi connectivity index (χ0n) is 10.3. The summed E-state index contributed by atoms with van der Waals surface area (Å²) in [4.78, 5) is 10.6. The highest BCUT2D eigenvalue weighted by atomic mass is 16.3. The fourth-order valence-electron chi connectivity index (χ4n) is 2.10. The molecule has 4 N–H and O–H groups in total. The molecule has 2 aromatic rings. The average molecular weight is 247 g/mol. The Balaban J connectivity index is 2.28. The van der Waals surface area contributed by atoms with Crippen LogP contribution in [-0.2, 0) is 13.2 Å². The van der Waals surface area contributed by atoms with Crippen LogP contribution in [0.3, 0.4) is 0 Å². The average Bonchev–Trinajstić information content (AvgIpc) is 2.65. The van der Waals surface area contributed by atoms with Gasteiger partial charge in [0, 0.05) is 30.2 Å². The summed E-state index contributed by atoms with van der Waals surface area (Å²) in [7, 11) is 0. The van der Waals surface area contributed by atoms with E-state index >= 15 is 0 Å². The molecule has 1 aromatic heterocycles. The van der Waals surface area contributed by atoms with Crippen molar-refractivity contribution >= 4 is 16.9 Å². The number of primary amides is 1. The van der Waals surface area contributed by atoms with Gasteiger partial charge in [0.15, 0.2) is 0 Å². The monoisotopic (exact) mass is 247 g/mol. The summed E-state index contributed by atoms with van der Waals surface area (Å²) < 4.78 is 2.06. The van der Waals surface area contributed by atoms with Crippen molar-refractivity contribution in [1.29, 1.82) is 0 Å². The molecule has 5 heteroatoms. The Hall–Kier alpha value is -2.01. The van der Waals surface area contributed by atoms with Crippen molar-refractivity contribution in [2.75, 3.05) is 6.54 Å². The Morgan fingerprint density at radius 2 is 2.28 bits per heavy atom. The molecule has 0 aliphatic heterocycles. The summed E-state index contributed by atoms with van der Waals surface area (Å²) >= 11 is 0. The van der Waals surface area contributed by atoms with Crippen LogP contribution in [0.25, 0.3) is 10.9 Å². The molecule has 2 rings (SSSR count). The van der Waals surface area contributed by atoms with E-state index in [0.29, 0.717) is 13.1 Å². The molecule has 2 amide bonds. The number of benzene rings is 1. The highest BCUT2D eigenvalue weighted by Gasteiger charge is 2.06. The van der Waals surface area contributed by atoms with Crippen LogP contribution < -0.4 is 11.1 Å². The summed E-state index contributed by atoms with van der Waals surface area (Å²) in [6.07, 6.45) is 2.04. The number of hydrogen-bond donors (Lipinski definition) is 3. The number of rotatable bonds is 4. The van der Waals surface area contributed by atoms with Gasteiger partial charge in [-0.3, -0.25) is 0 Å². The molecule has 18 heavy (non-hydrogen) atoms. The fourth-order valence-corrected chi connectivity index (χ4v) is 2.10. The number of hydrogen-bond acceptors (Lipinski definition) is 2. The second-order valence-corrected chi connectivity index (χ2v) is 4.31.